The molecule has 0 radical (unpaired) electrons. The van der Waals surface area contributed by atoms with Crippen molar-refractivity contribution in [2.75, 3.05) is 26.0 Å². The molecule has 2 amide bonds. The predicted octanol–water partition coefficient (Wildman–Crippen LogP) is -0.288. The standard InChI is InChI=1S/C28H38N4O9/c1-27(2,3)10-41-26(39)31-15-8-12(9-29)13-6-11-7-14-19(32(4)5)22(35)18(25(30)38)24(37)28(14,40)23(36)16(11)21(34)17(13)20(15)33/h8,11,14,16,18-19,22,33,35,40H,6-7,9-10,29H2,1-5H3,(H2,30,38)(H,31,39)/t11-,14-,16?,18?,19-,22?,28-/m1/s1. The molecule has 0 spiro atoms. The van der Waals surface area contributed by atoms with Gasteiger partial charge in [-0.3, -0.25) is 24.5 Å². The van der Waals surface area contributed by atoms with Crippen molar-refractivity contribution in [3.63, 3.8) is 0 Å². The Kier molecular flexibility index (Phi) is 7.80. The Labute approximate surface area is 237 Å². The van der Waals surface area contributed by atoms with E-state index in [1.165, 1.54) is 11.0 Å². The number of hydrogen-bond donors (Lipinski definition) is 6. The maximum absolute atomic E-state index is 14.0. The van der Waals surface area contributed by atoms with Gasteiger partial charge in [0.15, 0.2) is 23.0 Å². The molecule has 1 aromatic rings. The first-order valence-corrected chi connectivity index (χ1v) is 13.5. The number of aromatic hydroxyl groups is 1. The highest BCUT2D eigenvalue weighted by Gasteiger charge is 2.69. The minimum absolute atomic E-state index is 0.0148. The quantitative estimate of drug-likeness (QED) is 0.198. The van der Waals surface area contributed by atoms with Gasteiger partial charge in [-0.25, -0.2) is 4.79 Å². The number of carbonyl (C=O) groups is 5. The molecule has 2 fully saturated rings. The molecule has 0 aliphatic heterocycles. The number of aliphatic hydroxyl groups is 2. The molecule has 0 bridgehead atoms. The number of nitrogens with two attached hydrogens (primary N) is 2. The largest absolute Gasteiger partial charge is 0.505 e. The number of rotatable bonds is 5. The summed E-state index contributed by atoms with van der Waals surface area (Å²) in [5.74, 6) is -10.2. The Balaban J connectivity index is 1.78. The van der Waals surface area contributed by atoms with Crippen LogP contribution in [0.15, 0.2) is 6.07 Å². The lowest BCUT2D eigenvalue weighted by atomic mass is 9.52. The number of nitrogens with zero attached hydrogens (tertiary/aromatic N) is 1. The summed E-state index contributed by atoms with van der Waals surface area (Å²) in [4.78, 5) is 67.4. The number of ether oxygens (including phenoxy) is 1. The summed E-state index contributed by atoms with van der Waals surface area (Å²) in [6, 6.07) is 0.444. The van der Waals surface area contributed by atoms with E-state index in [-0.39, 0.29) is 42.7 Å². The van der Waals surface area contributed by atoms with Gasteiger partial charge in [-0.15, -0.1) is 0 Å². The van der Waals surface area contributed by atoms with Crippen molar-refractivity contribution in [3.05, 3.63) is 22.8 Å². The third-order valence-corrected chi connectivity index (χ3v) is 8.48. The number of amides is 2. The summed E-state index contributed by atoms with van der Waals surface area (Å²) in [7, 11) is 3.15. The monoisotopic (exact) mass is 574 g/mol. The van der Waals surface area contributed by atoms with Crippen LogP contribution in [0.2, 0.25) is 0 Å². The van der Waals surface area contributed by atoms with E-state index in [4.69, 9.17) is 16.2 Å². The maximum atomic E-state index is 14.0. The SMILES string of the molecule is CN(C)[C@H]1C(O)C(C(N)=O)C(=O)[C@]2(O)C(=O)C3C(=O)c4c(O)c(NC(=O)OCC(C)(C)C)cc(CN)c4C[C@@H]3C[C@H]12. The first kappa shape index (κ1) is 30.6. The molecule has 0 heterocycles. The number of primary amides is 1. The highest BCUT2D eigenvalue weighted by atomic mass is 16.5. The molecule has 8 N–H and O–H groups in total. The van der Waals surface area contributed by atoms with Gasteiger partial charge in [0.1, 0.15) is 11.7 Å². The molecule has 3 aliphatic rings. The number of benzene rings is 1. The molecule has 2 saturated carbocycles. The van der Waals surface area contributed by atoms with Crippen molar-refractivity contribution in [2.24, 2.45) is 40.6 Å². The van der Waals surface area contributed by atoms with Crippen molar-refractivity contribution in [1.82, 2.24) is 4.90 Å². The first-order valence-electron chi connectivity index (χ1n) is 13.5. The Morgan fingerprint density at radius 2 is 1.83 bits per heavy atom. The van der Waals surface area contributed by atoms with E-state index in [9.17, 15) is 39.3 Å². The van der Waals surface area contributed by atoms with Crippen LogP contribution in [-0.2, 0) is 32.1 Å². The minimum atomic E-state index is -2.76. The number of aliphatic hydroxyl groups excluding tert-OH is 1. The lowest BCUT2D eigenvalue weighted by Gasteiger charge is -2.54. The Hall–Kier alpha value is -3.39. The van der Waals surface area contributed by atoms with Crippen molar-refractivity contribution in [2.45, 2.75) is 57.9 Å². The zero-order chi connectivity index (χ0) is 30.8. The number of fused-ring (bicyclic) bond motifs is 3. The molecule has 13 heteroatoms. The topological polar surface area (TPSA) is 223 Å². The molecular formula is C28H38N4O9. The number of ketones is 3. The second kappa shape index (κ2) is 10.5. The molecule has 4 rings (SSSR count). The number of likely N-dealkylation sites (N-methyl/N-ethyl adjacent to an activating group) is 1. The van der Waals surface area contributed by atoms with Crippen molar-refractivity contribution in [1.29, 1.82) is 0 Å². The van der Waals surface area contributed by atoms with Gasteiger partial charge >= 0.3 is 6.09 Å². The molecule has 0 aromatic heterocycles. The molecular weight excluding hydrogens is 536 g/mol. The molecule has 3 aliphatic carbocycles. The van der Waals surface area contributed by atoms with Crippen LogP contribution < -0.4 is 16.8 Å². The Morgan fingerprint density at radius 1 is 1.20 bits per heavy atom. The van der Waals surface area contributed by atoms with Gasteiger partial charge in [-0.2, -0.15) is 0 Å². The summed E-state index contributed by atoms with van der Waals surface area (Å²) in [6.45, 7) is 5.61. The van der Waals surface area contributed by atoms with Gasteiger partial charge in [0.05, 0.1) is 29.9 Å². The number of phenols is 1. The average molecular weight is 575 g/mol. The number of Topliss-reactive ketones (excluding diaryl/α,β-unsaturated/α-hetero) is 3. The van der Waals surface area contributed by atoms with Crippen LogP contribution >= 0.6 is 0 Å². The molecule has 1 aromatic carbocycles. The third kappa shape index (κ3) is 4.90. The Bertz CT molecular complexity index is 1320. The van der Waals surface area contributed by atoms with E-state index < -0.39 is 76.5 Å². The lowest BCUT2D eigenvalue weighted by molar-refractivity contribution is -0.190. The third-order valence-electron chi connectivity index (χ3n) is 8.48. The predicted molar refractivity (Wildman–Crippen MR) is 145 cm³/mol. The molecule has 13 nitrogen and oxygen atoms in total. The van der Waals surface area contributed by atoms with Gasteiger partial charge in [0.25, 0.3) is 0 Å². The van der Waals surface area contributed by atoms with Gasteiger partial charge < -0.3 is 36.4 Å². The highest BCUT2D eigenvalue weighted by molar-refractivity contribution is 6.25. The maximum Gasteiger partial charge on any atom is 0.411 e. The summed E-state index contributed by atoms with van der Waals surface area (Å²) in [5, 5.41) is 36.2. The number of carbonyl (C=O) groups excluding carboxylic acids is 5. The van der Waals surface area contributed by atoms with Crippen LogP contribution in [0.3, 0.4) is 0 Å². The van der Waals surface area contributed by atoms with E-state index in [1.54, 1.807) is 14.1 Å². The summed E-state index contributed by atoms with van der Waals surface area (Å²) in [5.41, 5.74) is 8.73. The molecule has 41 heavy (non-hydrogen) atoms. The molecule has 7 atom stereocenters. The smallest absolute Gasteiger partial charge is 0.411 e. The van der Waals surface area contributed by atoms with E-state index in [2.05, 4.69) is 5.32 Å². The zero-order valence-electron chi connectivity index (χ0n) is 23.8. The van der Waals surface area contributed by atoms with Gasteiger partial charge in [0.2, 0.25) is 5.91 Å². The number of hydrogen-bond acceptors (Lipinski definition) is 11. The Morgan fingerprint density at radius 3 is 2.37 bits per heavy atom. The van der Waals surface area contributed by atoms with Gasteiger partial charge in [-0.1, -0.05) is 20.8 Å². The minimum Gasteiger partial charge on any atom is -0.505 e. The van der Waals surface area contributed by atoms with Crippen LogP contribution in [0.5, 0.6) is 5.75 Å². The number of nitrogens with one attached hydrogen (secondary N) is 1. The average Bonchev–Trinajstić information content (AvgIpc) is 2.85. The van der Waals surface area contributed by atoms with E-state index in [0.29, 0.717) is 11.1 Å². The number of anilines is 1. The molecule has 0 saturated heterocycles. The van der Waals surface area contributed by atoms with E-state index >= 15 is 0 Å². The van der Waals surface area contributed by atoms with Crippen LogP contribution in [0, 0.1) is 29.1 Å². The highest BCUT2D eigenvalue weighted by Crippen LogP contribution is 2.52. The van der Waals surface area contributed by atoms with Gasteiger partial charge in [0, 0.05) is 18.5 Å². The van der Waals surface area contributed by atoms with Crippen LogP contribution in [0.4, 0.5) is 10.5 Å². The first-order chi connectivity index (χ1) is 18.9. The van der Waals surface area contributed by atoms with E-state index in [1.807, 2.05) is 20.8 Å². The molecule has 3 unspecified atom stereocenters. The second-order valence-electron chi connectivity index (χ2n) is 12.7. The van der Waals surface area contributed by atoms with E-state index in [0.717, 1.165) is 0 Å². The van der Waals surface area contributed by atoms with Crippen LogP contribution in [-0.4, -0.2) is 88.0 Å². The summed E-state index contributed by atoms with van der Waals surface area (Å²) >= 11 is 0. The van der Waals surface area contributed by atoms with Crippen molar-refractivity contribution >= 4 is 35.0 Å². The fourth-order valence-electron chi connectivity index (χ4n) is 6.67. The summed E-state index contributed by atoms with van der Waals surface area (Å²) in [6.07, 6.45) is -2.36. The van der Waals surface area contributed by atoms with Crippen molar-refractivity contribution < 1.29 is 44.0 Å². The van der Waals surface area contributed by atoms with Gasteiger partial charge in [-0.05, 0) is 55.5 Å². The second-order valence-corrected chi connectivity index (χ2v) is 12.7. The molecule has 224 valence electrons. The summed E-state index contributed by atoms with van der Waals surface area (Å²) < 4.78 is 5.20. The van der Waals surface area contributed by atoms with Crippen LogP contribution in [0.25, 0.3) is 0 Å². The fraction of sp³-hybridized carbons (Fsp3) is 0.607. The van der Waals surface area contributed by atoms with Crippen LogP contribution in [0.1, 0.15) is 48.7 Å². The zero-order valence-corrected chi connectivity index (χ0v) is 23.8. The lowest BCUT2D eigenvalue weighted by Crippen LogP contribution is -2.75. The van der Waals surface area contributed by atoms with Crippen molar-refractivity contribution in [3.8, 4) is 5.75 Å². The normalized spacial score (nSPS) is 31.3. The fourth-order valence-corrected chi connectivity index (χ4v) is 6.67. The number of phenolic OH excluding ortho intramolecular Hbond substituents is 1.